The van der Waals surface area contributed by atoms with Crippen molar-refractivity contribution in [2.24, 2.45) is 5.41 Å². The van der Waals surface area contributed by atoms with Crippen LogP contribution in [-0.2, 0) is 0 Å². The maximum atomic E-state index is 12.8. The number of ketones is 1. The maximum absolute atomic E-state index is 12.8. The minimum absolute atomic E-state index is 0.00263. The van der Waals surface area contributed by atoms with Crippen LogP contribution in [0.15, 0.2) is 55.1 Å². The van der Waals surface area contributed by atoms with Crippen LogP contribution in [0.25, 0.3) is 16.6 Å². The third-order valence-electron chi connectivity index (χ3n) is 6.74. The predicted octanol–water partition coefficient (Wildman–Crippen LogP) is 5.99. The minimum Gasteiger partial charge on any atom is -0.495 e. The molecule has 0 amide bonds. The first-order chi connectivity index (χ1) is 16.9. The highest BCUT2D eigenvalue weighted by molar-refractivity contribution is 6.34. The van der Waals surface area contributed by atoms with Crippen molar-refractivity contribution in [3.63, 3.8) is 0 Å². The lowest BCUT2D eigenvalue weighted by molar-refractivity contribution is 0.0893. The summed E-state index contributed by atoms with van der Waals surface area (Å²) in [5.74, 6) is 1.60. The van der Waals surface area contributed by atoms with Gasteiger partial charge in [-0.3, -0.25) is 9.78 Å². The molecule has 0 saturated carbocycles. The Morgan fingerprint density at radius 1 is 1.11 bits per heavy atom. The Labute approximate surface area is 213 Å². The van der Waals surface area contributed by atoms with Gasteiger partial charge in [0.05, 0.1) is 35.1 Å². The van der Waals surface area contributed by atoms with E-state index >= 15 is 0 Å². The van der Waals surface area contributed by atoms with E-state index in [0.29, 0.717) is 27.9 Å². The largest absolute Gasteiger partial charge is 0.495 e. The van der Waals surface area contributed by atoms with Gasteiger partial charge in [0.15, 0.2) is 5.78 Å². The number of methoxy groups -OCH3 is 1. The standard InChI is InChI=1S/C26H25Cl2N5O2/c1-26(13-22(34)24-20(27)4-3-9-29-24)7-10-32(11-8-26)23-6-5-17(14-30-23)19-12-18(35-2)16-33-25(19)21(28)15-31-33/h3-6,9,12,14-16H,7-8,10-11,13H2,1-2H3. The lowest BCUT2D eigenvalue weighted by Gasteiger charge is -2.39. The van der Waals surface area contributed by atoms with Gasteiger partial charge < -0.3 is 9.64 Å². The number of hydrogen-bond acceptors (Lipinski definition) is 6. The number of ether oxygens (including phenoxy) is 1. The van der Waals surface area contributed by atoms with E-state index in [4.69, 9.17) is 32.9 Å². The average Bonchev–Trinajstić information content (AvgIpc) is 3.24. The van der Waals surface area contributed by atoms with Gasteiger partial charge in [-0.05, 0) is 48.6 Å². The quantitative estimate of drug-likeness (QED) is 0.297. The molecule has 9 heteroatoms. The van der Waals surface area contributed by atoms with Crippen molar-refractivity contribution in [3.8, 4) is 16.9 Å². The number of Topliss-reactive ketones (excluding diaryl/α,β-unsaturated/α-hetero) is 1. The highest BCUT2D eigenvalue weighted by Gasteiger charge is 2.33. The Kier molecular flexibility index (Phi) is 6.38. The fourth-order valence-corrected chi connectivity index (χ4v) is 5.10. The van der Waals surface area contributed by atoms with E-state index < -0.39 is 0 Å². The van der Waals surface area contributed by atoms with Gasteiger partial charge in [-0.25, -0.2) is 9.50 Å². The molecule has 0 spiro atoms. The molecule has 0 N–H and O–H groups in total. The number of anilines is 1. The van der Waals surface area contributed by atoms with Crippen LogP contribution in [0.1, 0.15) is 36.7 Å². The first kappa shape index (κ1) is 23.6. The Morgan fingerprint density at radius 3 is 2.60 bits per heavy atom. The first-order valence-electron chi connectivity index (χ1n) is 11.4. The third-order valence-corrected chi connectivity index (χ3v) is 7.32. The number of pyridine rings is 3. The lowest BCUT2D eigenvalue weighted by atomic mass is 9.76. The second kappa shape index (κ2) is 9.47. The number of carbonyl (C=O) groups excluding carboxylic acids is 1. The normalized spacial score (nSPS) is 15.4. The number of piperidine rings is 1. The van der Waals surface area contributed by atoms with E-state index in [1.165, 1.54) is 0 Å². The molecule has 7 nitrogen and oxygen atoms in total. The molecule has 0 radical (unpaired) electrons. The van der Waals surface area contributed by atoms with Crippen molar-refractivity contribution in [2.45, 2.75) is 26.2 Å². The zero-order valence-electron chi connectivity index (χ0n) is 19.5. The summed E-state index contributed by atoms with van der Waals surface area (Å²) in [4.78, 5) is 24.0. The summed E-state index contributed by atoms with van der Waals surface area (Å²) >= 11 is 12.6. The number of halogens is 2. The molecule has 1 fully saturated rings. The SMILES string of the molecule is COc1cc(-c2ccc(N3CCC(C)(CC(=O)c4ncccc4Cl)CC3)nc2)c2c(Cl)cnn2c1. The van der Waals surface area contributed by atoms with Crippen LogP contribution in [0.4, 0.5) is 5.82 Å². The lowest BCUT2D eigenvalue weighted by Crippen LogP contribution is -2.40. The van der Waals surface area contributed by atoms with Gasteiger partial charge in [-0.15, -0.1) is 0 Å². The summed E-state index contributed by atoms with van der Waals surface area (Å²) in [5, 5.41) is 5.29. The number of hydrogen-bond donors (Lipinski definition) is 0. The van der Waals surface area contributed by atoms with Gasteiger partial charge in [0, 0.05) is 43.0 Å². The van der Waals surface area contributed by atoms with Crippen LogP contribution < -0.4 is 9.64 Å². The predicted molar refractivity (Wildman–Crippen MR) is 138 cm³/mol. The number of carbonyl (C=O) groups is 1. The summed E-state index contributed by atoms with van der Waals surface area (Å²) < 4.78 is 7.14. The molecular formula is C26H25Cl2N5O2. The van der Waals surface area contributed by atoms with Crippen LogP contribution >= 0.6 is 23.2 Å². The molecule has 0 unspecified atom stereocenters. The molecule has 0 bridgehead atoms. The Hall–Kier alpha value is -3.16. The van der Waals surface area contributed by atoms with Gasteiger partial charge in [0.25, 0.3) is 0 Å². The molecule has 1 saturated heterocycles. The Morgan fingerprint density at radius 2 is 1.91 bits per heavy atom. The summed E-state index contributed by atoms with van der Waals surface area (Å²) in [6.45, 7) is 3.81. The molecule has 0 aromatic carbocycles. The fraction of sp³-hybridized carbons (Fsp3) is 0.308. The summed E-state index contributed by atoms with van der Waals surface area (Å²) in [6, 6.07) is 9.45. The Bertz CT molecular complexity index is 1380. The smallest absolute Gasteiger partial charge is 0.183 e. The molecule has 1 aliphatic heterocycles. The van der Waals surface area contributed by atoms with Crippen LogP contribution in [0.5, 0.6) is 5.75 Å². The van der Waals surface area contributed by atoms with E-state index in [1.54, 1.807) is 42.3 Å². The van der Waals surface area contributed by atoms with Crippen LogP contribution in [0.3, 0.4) is 0 Å². The number of aromatic nitrogens is 4. The second-order valence-corrected chi connectivity index (χ2v) is 10.0. The summed E-state index contributed by atoms with van der Waals surface area (Å²) in [5.41, 5.74) is 2.91. The van der Waals surface area contributed by atoms with E-state index in [1.807, 2.05) is 24.4 Å². The number of rotatable bonds is 6. The molecule has 0 atom stereocenters. The van der Waals surface area contributed by atoms with Gasteiger partial charge in [-0.1, -0.05) is 30.1 Å². The van der Waals surface area contributed by atoms with Gasteiger partial charge in [0.1, 0.15) is 17.3 Å². The molecule has 1 aliphatic rings. The monoisotopic (exact) mass is 509 g/mol. The molecular weight excluding hydrogens is 485 g/mol. The molecule has 35 heavy (non-hydrogen) atoms. The number of fused-ring (bicyclic) bond motifs is 1. The van der Waals surface area contributed by atoms with E-state index in [2.05, 4.69) is 21.9 Å². The van der Waals surface area contributed by atoms with Crippen molar-refractivity contribution in [2.75, 3.05) is 25.1 Å². The average molecular weight is 510 g/mol. The van der Waals surface area contributed by atoms with E-state index in [-0.39, 0.29) is 11.2 Å². The molecule has 5 heterocycles. The van der Waals surface area contributed by atoms with Crippen LogP contribution in [0.2, 0.25) is 10.0 Å². The Balaban J connectivity index is 1.29. The first-order valence-corrected chi connectivity index (χ1v) is 12.2. The zero-order valence-corrected chi connectivity index (χ0v) is 21.1. The highest BCUT2D eigenvalue weighted by Crippen LogP contribution is 2.38. The molecule has 4 aromatic rings. The molecule has 0 aliphatic carbocycles. The molecule has 5 rings (SSSR count). The molecule has 4 aromatic heterocycles. The summed E-state index contributed by atoms with van der Waals surface area (Å²) in [6.07, 6.45) is 9.08. The van der Waals surface area contributed by atoms with Crippen molar-refractivity contribution in [3.05, 3.63) is 70.9 Å². The van der Waals surface area contributed by atoms with Crippen molar-refractivity contribution in [1.29, 1.82) is 0 Å². The van der Waals surface area contributed by atoms with Crippen molar-refractivity contribution in [1.82, 2.24) is 19.6 Å². The number of nitrogens with zero attached hydrogens (tertiary/aromatic N) is 5. The zero-order chi connectivity index (χ0) is 24.6. The van der Waals surface area contributed by atoms with E-state index in [0.717, 1.165) is 48.4 Å². The van der Waals surface area contributed by atoms with E-state index in [9.17, 15) is 4.79 Å². The van der Waals surface area contributed by atoms with Gasteiger partial charge in [-0.2, -0.15) is 5.10 Å². The van der Waals surface area contributed by atoms with Crippen LogP contribution in [-0.4, -0.2) is 45.6 Å². The van der Waals surface area contributed by atoms with Crippen molar-refractivity contribution < 1.29 is 9.53 Å². The van der Waals surface area contributed by atoms with Gasteiger partial charge in [0.2, 0.25) is 0 Å². The van der Waals surface area contributed by atoms with Crippen LogP contribution in [0, 0.1) is 5.41 Å². The highest BCUT2D eigenvalue weighted by atomic mass is 35.5. The van der Waals surface area contributed by atoms with Crippen molar-refractivity contribution >= 4 is 40.3 Å². The summed E-state index contributed by atoms with van der Waals surface area (Å²) in [7, 11) is 1.63. The third kappa shape index (κ3) is 4.70. The van der Waals surface area contributed by atoms with Gasteiger partial charge >= 0.3 is 0 Å². The fourth-order valence-electron chi connectivity index (χ4n) is 4.64. The second-order valence-electron chi connectivity index (χ2n) is 9.22. The molecule has 180 valence electrons. The topological polar surface area (TPSA) is 72.6 Å². The minimum atomic E-state index is -0.0979. The maximum Gasteiger partial charge on any atom is 0.183 e.